The fraction of sp³-hybridized carbons (Fsp3) is 0.900. The van der Waals surface area contributed by atoms with Gasteiger partial charge in [-0.05, 0) is 12.8 Å². The monoisotopic (exact) mass is 292 g/mol. The van der Waals surface area contributed by atoms with Crippen molar-refractivity contribution in [2.24, 2.45) is 16.8 Å². The second kappa shape index (κ2) is 6.04. The topological polar surface area (TPSA) is 108 Å². The van der Waals surface area contributed by atoms with Crippen LogP contribution in [0.15, 0.2) is 5.16 Å². The van der Waals surface area contributed by atoms with Gasteiger partial charge in [-0.1, -0.05) is 5.16 Å². The van der Waals surface area contributed by atoms with E-state index >= 15 is 0 Å². The van der Waals surface area contributed by atoms with Gasteiger partial charge in [0.1, 0.15) is 5.84 Å². The van der Waals surface area contributed by atoms with Gasteiger partial charge in [-0.3, -0.25) is 0 Å². The van der Waals surface area contributed by atoms with Crippen LogP contribution in [0.1, 0.15) is 12.8 Å². The summed E-state index contributed by atoms with van der Waals surface area (Å²) in [6.07, 6.45) is 1.45. The van der Waals surface area contributed by atoms with E-state index < -0.39 is 10.2 Å². The summed E-state index contributed by atoms with van der Waals surface area (Å²) in [5, 5.41) is 11.7. The zero-order valence-corrected chi connectivity index (χ0v) is 11.5. The maximum Gasteiger partial charge on any atom is 0.282 e. The predicted molar refractivity (Wildman–Crippen MR) is 69.0 cm³/mol. The Balaban J connectivity index is 2.07. The Labute approximate surface area is 113 Å². The van der Waals surface area contributed by atoms with Gasteiger partial charge in [-0.2, -0.15) is 17.0 Å². The second-order valence-electron chi connectivity index (χ2n) is 4.74. The Kier molecular flexibility index (Phi) is 4.61. The van der Waals surface area contributed by atoms with Crippen LogP contribution in [0.4, 0.5) is 0 Å². The van der Waals surface area contributed by atoms with Gasteiger partial charge in [0.05, 0.1) is 13.2 Å². The van der Waals surface area contributed by atoms with Crippen molar-refractivity contribution in [1.82, 2.24) is 8.61 Å². The molecule has 3 N–H and O–H groups in total. The molecule has 2 rings (SSSR count). The van der Waals surface area contributed by atoms with E-state index in [0.717, 1.165) is 6.42 Å². The molecule has 9 heteroatoms. The van der Waals surface area contributed by atoms with E-state index in [1.807, 2.05) is 0 Å². The quantitative estimate of drug-likeness (QED) is 0.301. The summed E-state index contributed by atoms with van der Waals surface area (Å²) in [4.78, 5) is 0. The highest BCUT2D eigenvalue weighted by molar-refractivity contribution is 7.86. The Hall–Kier alpha value is -0.900. The molecule has 2 aliphatic heterocycles. The highest BCUT2D eigenvalue weighted by Crippen LogP contribution is 2.21. The third-order valence-electron chi connectivity index (χ3n) is 3.54. The smallest absolute Gasteiger partial charge is 0.282 e. The van der Waals surface area contributed by atoms with Crippen molar-refractivity contribution < 1.29 is 18.4 Å². The summed E-state index contributed by atoms with van der Waals surface area (Å²) in [5.41, 5.74) is 5.58. The summed E-state index contributed by atoms with van der Waals surface area (Å²) in [6.45, 7) is 2.37. The van der Waals surface area contributed by atoms with Gasteiger partial charge in [0.15, 0.2) is 0 Å². The van der Waals surface area contributed by atoms with Gasteiger partial charge in [-0.15, -0.1) is 0 Å². The molecule has 0 aromatic rings. The molecule has 110 valence electrons. The third-order valence-corrected chi connectivity index (χ3v) is 5.54. The van der Waals surface area contributed by atoms with E-state index in [0.29, 0.717) is 39.3 Å². The summed E-state index contributed by atoms with van der Waals surface area (Å²) in [7, 11) is -3.47. The standard InChI is InChI=1S/C10H20N4O4S/c11-10(12-15)9-2-1-3-14(8-9)19(16,17)13-4-6-18-7-5-13/h9,15H,1-8H2,(H2,11,12). The first-order valence-corrected chi connectivity index (χ1v) is 7.76. The first kappa shape index (κ1) is 14.5. The number of hydrogen-bond donors (Lipinski definition) is 2. The van der Waals surface area contributed by atoms with Crippen LogP contribution < -0.4 is 5.73 Å². The highest BCUT2D eigenvalue weighted by Gasteiger charge is 2.35. The average molecular weight is 292 g/mol. The molecule has 0 bridgehead atoms. The maximum atomic E-state index is 12.5. The minimum absolute atomic E-state index is 0.0990. The molecule has 0 radical (unpaired) electrons. The molecule has 0 spiro atoms. The van der Waals surface area contributed by atoms with E-state index in [4.69, 9.17) is 15.7 Å². The molecule has 0 saturated carbocycles. The molecule has 8 nitrogen and oxygen atoms in total. The zero-order valence-electron chi connectivity index (χ0n) is 10.7. The number of hydrogen-bond acceptors (Lipinski definition) is 5. The second-order valence-corrected chi connectivity index (χ2v) is 6.67. The lowest BCUT2D eigenvalue weighted by molar-refractivity contribution is 0.0694. The average Bonchev–Trinajstić information content (AvgIpc) is 2.47. The molecule has 0 amide bonds. The summed E-state index contributed by atoms with van der Waals surface area (Å²) in [5.74, 6) is -0.114. The van der Waals surface area contributed by atoms with Crippen molar-refractivity contribution in [3.05, 3.63) is 0 Å². The highest BCUT2D eigenvalue weighted by atomic mass is 32.2. The number of rotatable bonds is 3. The molecular formula is C10H20N4O4S. The van der Waals surface area contributed by atoms with Crippen LogP contribution in [0.5, 0.6) is 0 Å². The van der Waals surface area contributed by atoms with Crippen LogP contribution >= 0.6 is 0 Å². The molecule has 1 unspecified atom stereocenters. The minimum Gasteiger partial charge on any atom is -0.409 e. The number of nitrogens with two attached hydrogens (primary N) is 1. The molecule has 0 aromatic heterocycles. The summed E-state index contributed by atoms with van der Waals surface area (Å²) >= 11 is 0. The van der Waals surface area contributed by atoms with Gasteiger partial charge < -0.3 is 15.7 Å². The minimum atomic E-state index is -3.47. The molecule has 2 saturated heterocycles. The van der Waals surface area contributed by atoms with Crippen molar-refractivity contribution in [3.8, 4) is 0 Å². The fourth-order valence-corrected chi connectivity index (χ4v) is 4.08. The molecule has 2 aliphatic rings. The Morgan fingerprint density at radius 3 is 2.58 bits per heavy atom. The molecular weight excluding hydrogens is 272 g/mol. The lowest BCUT2D eigenvalue weighted by Crippen LogP contribution is -2.52. The van der Waals surface area contributed by atoms with Crippen LogP contribution in [0.2, 0.25) is 0 Å². The van der Waals surface area contributed by atoms with Gasteiger partial charge in [-0.25, -0.2) is 0 Å². The lowest BCUT2D eigenvalue weighted by atomic mass is 9.99. The third kappa shape index (κ3) is 3.16. The van der Waals surface area contributed by atoms with Crippen molar-refractivity contribution in [2.45, 2.75) is 12.8 Å². The molecule has 0 aliphatic carbocycles. The van der Waals surface area contributed by atoms with E-state index in [9.17, 15) is 8.42 Å². The van der Waals surface area contributed by atoms with E-state index in [1.54, 1.807) is 0 Å². The largest absolute Gasteiger partial charge is 0.409 e. The van der Waals surface area contributed by atoms with E-state index in [-0.39, 0.29) is 18.3 Å². The Morgan fingerprint density at radius 1 is 1.26 bits per heavy atom. The van der Waals surface area contributed by atoms with E-state index in [1.165, 1.54) is 8.61 Å². The Morgan fingerprint density at radius 2 is 1.95 bits per heavy atom. The van der Waals surface area contributed by atoms with Crippen LogP contribution in [-0.2, 0) is 14.9 Å². The van der Waals surface area contributed by atoms with Crippen molar-refractivity contribution in [3.63, 3.8) is 0 Å². The first-order chi connectivity index (χ1) is 9.05. The van der Waals surface area contributed by atoms with Gasteiger partial charge in [0.2, 0.25) is 0 Å². The predicted octanol–water partition coefficient (Wildman–Crippen LogP) is -0.978. The summed E-state index contributed by atoms with van der Waals surface area (Å²) in [6, 6.07) is 0. The SMILES string of the molecule is NC(=NO)C1CCCN(S(=O)(=O)N2CCOCC2)C1. The van der Waals surface area contributed by atoms with Crippen LogP contribution in [-0.4, -0.2) is 67.5 Å². The maximum absolute atomic E-state index is 12.5. The van der Waals surface area contributed by atoms with Crippen LogP contribution in [0.25, 0.3) is 0 Å². The van der Waals surface area contributed by atoms with Crippen LogP contribution in [0.3, 0.4) is 0 Å². The number of ether oxygens (including phenoxy) is 1. The molecule has 2 heterocycles. The number of piperidine rings is 1. The number of oxime groups is 1. The normalized spacial score (nSPS) is 28.4. The lowest BCUT2D eigenvalue weighted by Gasteiger charge is -2.36. The summed E-state index contributed by atoms with van der Waals surface area (Å²) < 4.78 is 32.9. The fourth-order valence-electron chi connectivity index (χ4n) is 2.42. The number of morpholine rings is 1. The molecule has 0 aromatic carbocycles. The van der Waals surface area contributed by atoms with Crippen molar-refractivity contribution in [1.29, 1.82) is 0 Å². The Bertz CT molecular complexity index is 433. The molecule has 19 heavy (non-hydrogen) atoms. The number of amidine groups is 1. The van der Waals surface area contributed by atoms with Crippen molar-refractivity contribution >= 4 is 16.0 Å². The first-order valence-electron chi connectivity index (χ1n) is 6.36. The van der Waals surface area contributed by atoms with Crippen LogP contribution in [0, 0.1) is 5.92 Å². The van der Waals surface area contributed by atoms with Crippen molar-refractivity contribution in [2.75, 3.05) is 39.4 Å². The molecule has 1 atom stereocenters. The molecule has 2 fully saturated rings. The van der Waals surface area contributed by atoms with Gasteiger partial charge in [0, 0.05) is 32.1 Å². The number of nitrogens with zero attached hydrogens (tertiary/aromatic N) is 3. The van der Waals surface area contributed by atoms with E-state index in [2.05, 4.69) is 5.16 Å². The van der Waals surface area contributed by atoms with Gasteiger partial charge in [0.25, 0.3) is 10.2 Å². The zero-order chi connectivity index (χ0) is 13.9. The van der Waals surface area contributed by atoms with Gasteiger partial charge >= 0.3 is 0 Å².